The zero-order valence-corrected chi connectivity index (χ0v) is 16.7. The molecular weight excluding hydrogens is 348 g/mol. The lowest BCUT2D eigenvalue weighted by molar-refractivity contribution is 0.0932. The summed E-state index contributed by atoms with van der Waals surface area (Å²) in [5.41, 5.74) is 7.33. The van der Waals surface area contributed by atoms with Crippen molar-refractivity contribution in [2.75, 3.05) is 0 Å². The number of rotatable bonds is 4. The lowest BCUT2D eigenvalue weighted by Crippen LogP contribution is -2.32. The molecule has 0 bridgehead atoms. The van der Waals surface area contributed by atoms with E-state index >= 15 is 0 Å². The molecule has 0 unspecified atom stereocenters. The number of aryl methyl sites for hydroxylation is 4. The van der Waals surface area contributed by atoms with Crippen LogP contribution in [0, 0.1) is 13.8 Å². The third-order valence-corrected chi connectivity index (χ3v) is 5.59. The van der Waals surface area contributed by atoms with Crippen LogP contribution in [0.3, 0.4) is 0 Å². The zero-order chi connectivity index (χ0) is 19.7. The summed E-state index contributed by atoms with van der Waals surface area (Å²) in [6.07, 6.45) is 7.69. The van der Waals surface area contributed by atoms with Crippen LogP contribution >= 0.6 is 0 Å². The summed E-state index contributed by atoms with van der Waals surface area (Å²) in [6.45, 7) is 4.16. The fraction of sp³-hybridized carbons (Fsp3) is 0.348. The first-order valence-corrected chi connectivity index (χ1v) is 9.87. The summed E-state index contributed by atoms with van der Waals surface area (Å²) in [5.74, 6) is -0.0686. The Morgan fingerprint density at radius 3 is 2.64 bits per heavy atom. The number of nitrogens with zero attached hydrogens (tertiary/aromatic N) is 3. The fourth-order valence-corrected chi connectivity index (χ4v) is 4.13. The fourth-order valence-electron chi connectivity index (χ4n) is 4.13. The monoisotopic (exact) mass is 374 g/mol. The maximum Gasteiger partial charge on any atom is 0.270 e. The molecule has 0 radical (unpaired) electrons. The van der Waals surface area contributed by atoms with Gasteiger partial charge in [0.1, 0.15) is 5.69 Å². The Morgan fingerprint density at radius 2 is 1.86 bits per heavy atom. The van der Waals surface area contributed by atoms with Crippen LogP contribution in [0.15, 0.2) is 42.7 Å². The smallest absolute Gasteiger partial charge is 0.270 e. The minimum atomic E-state index is -0.232. The third kappa shape index (κ3) is 3.44. The van der Waals surface area contributed by atoms with Crippen molar-refractivity contribution in [3.05, 3.63) is 81.9 Å². The molecule has 1 atom stereocenters. The van der Waals surface area contributed by atoms with Crippen LogP contribution in [0.5, 0.6) is 0 Å². The van der Waals surface area contributed by atoms with Gasteiger partial charge in [0, 0.05) is 25.0 Å². The van der Waals surface area contributed by atoms with E-state index in [1.165, 1.54) is 5.56 Å². The van der Waals surface area contributed by atoms with Gasteiger partial charge in [-0.1, -0.05) is 23.8 Å². The maximum atomic E-state index is 13.4. The molecule has 0 saturated heterocycles. The van der Waals surface area contributed by atoms with Gasteiger partial charge in [-0.2, -0.15) is 5.10 Å². The van der Waals surface area contributed by atoms with Crippen molar-refractivity contribution in [1.82, 2.24) is 20.1 Å². The third-order valence-electron chi connectivity index (χ3n) is 5.59. The molecule has 0 saturated carbocycles. The first kappa shape index (κ1) is 18.4. The second-order valence-electron chi connectivity index (χ2n) is 7.65. The van der Waals surface area contributed by atoms with Gasteiger partial charge in [0.15, 0.2) is 0 Å². The van der Waals surface area contributed by atoms with E-state index in [0.29, 0.717) is 5.69 Å². The van der Waals surface area contributed by atoms with Gasteiger partial charge in [0.2, 0.25) is 0 Å². The van der Waals surface area contributed by atoms with E-state index in [-0.39, 0.29) is 11.9 Å². The Labute approximate surface area is 165 Å². The van der Waals surface area contributed by atoms with Gasteiger partial charge in [-0.15, -0.1) is 0 Å². The minimum absolute atomic E-state index is 0.0686. The number of hydrogen-bond donors (Lipinski definition) is 1. The minimum Gasteiger partial charge on any atom is -0.340 e. The quantitative estimate of drug-likeness (QED) is 0.755. The van der Waals surface area contributed by atoms with Crippen LogP contribution < -0.4 is 5.32 Å². The highest BCUT2D eigenvalue weighted by molar-refractivity contribution is 5.95. The van der Waals surface area contributed by atoms with Crippen LogP contribution in [0.4, 0.5) is 0 Å². The molecule has 1 amide bonds. The molecule has 1 N–H and O–H groups in total. The highest BCUT2D eigenvalue weighted by atomic mass is 16.2. The zero-order valence-electron chi connectivity index (χ0n) is 16.7. The van der Waals surface area contributed by atoms with Gasteiger partial charge in [-0.25, -0.2) is 0 Å². The summed E-state index contributed by atoms with van der Waals surface area (Å²) in [5, 5.41) is 7.89. The van der Waals surface area contributed by atoms with Crippen LogP contribution in [0.25, 0.3) is 0 Å². The van der Waals surface area contributed by atoms with Crippen LogP contribution in [0.1, 0.15) is 62.9 Å². The van der Waals surface area contributed by atoms with Crippen molar-refractivity contribution in [3.8, 4) is 0 Å². The Balaban J connectivity index is 1.74. The van der Waals surface area contributed by atoms with E-state index < -0.39 is 0 Å². The van der Waals surface area contributed by atoms with Gasteiger partial charge in [0.05, 0.1) is 11.7 Å². The Hall–Kier alpha value is -2.95. The van der Waals surface area contributed by atoms with E-state index in [4.69, 9.17) is 0 Å². The molecule has 2 heterocycles. The van der Waals surface area contributed by atoms with Crippen molar-refractivity contribution in [3.63, 3.8) is 0 Å². The van der Waals surface area contributed by atoms with Gasteiger partial charge >= 0.3 is 0 Å². The number of benzene rings is 1. The van der Waals surface area contributed by atoms with E-state index in [1.54, 1.807) is 17.1 Å². The van der Waals surface area contributed by atoms with Gasteiger partial charge in [0.25, 0.3) is 5.91 Å². The number of fused-ring (bicyclic) bond motifs is 1. The number of carbonyl (C=O) groups is 1. The summed E-state index contributed by atoms with van der Waals surface area (Å²) >= 11 is 0. The van der Waals surface area contributed by atoms with Crippen molar-refractivity contribution < 1.29 is 4.79 Å². The summed E-state index contributed by atoms with van der Waals surface area (Å²) < 4.78 is 1.75. The van der Waals surface area contributed by atoms with E-state index in [1.807, 2.05) is 19.2 Å². The molecule has 28 heavy (non-hydrogen) atoms. The second-order valence-corrected chi connectivity index (χ2v) is 7.65. The van der Waals surface area contributed by atoms with Crippen LogP contribution in [-0.2, 0) is 19.9 Å². The first-order valence-electron chi connectivity index (χ1n) is 9.87. The number of aromatic nitrogens is 3. The van der Waals surface area contributed by atoms with Gasteiger partial charge in [-0.3, -0.25) is 14.5 Å². The van der Waals surface area contributed by atoms with Crippen molar-refractivity contribution in [1.29, 1.82) is 0 Å². The predicted octanol–water partition coefficient (Wildman–Crippen LogP) is 3.83. The summed E-state index contributed by atoms with van der Waals surface area (Å²) in [6, 6.07) is 10.1. The molecule has 5 heteroatoms. The largest absolute Gasteiger partial charge is 0.340 e. The number of amides is 1. The average Bonchev–Trinajstić information content (AvgIpc) is 3.04. The second kappa shape index (κ2) is 7.58. The van der Waals surface area contributed by atoms with Gasteiger partial charge in [-0.05, 0) is 68.4 Å². The normalized spacial score (nSPS) is 14.4. The maximum absolute atomic E-state index is 13.4. The van der Waals surface area contributed by atoms with E-state index in [2.05, 4.69) is 47.4 Å². The molecule has 0 spiro atoms. The average molecular weight is 374 g/mol. The molecular formula is C23H26N4O. The Kier molecular flexibility index (Phi) is 4.99. The topological polar surface area (TPSA) is 59.8 Å². The molecule has 2 aromatic heterocycles. The Morgan fingerprint density at radius 1 is 1.11 bits per heavy atom. The lowest BCUT2D eigenvalue weighted by Gasteiger charge is -2.22. The highest BCUT2D eigenvalue weighted by Gasteiger charge is 2.27. The van der Waals surface area contributed by atoms with Crippen molar-refractivity contribution >= 4 is 5.91 Å². The number of nitrogens with one attached hydrogen (secondary N) is 1. The Bertz CT molecular complexity index is 1010. The molecule has 1 aliphatic carbocycles. The molecule has 1 aromatic carbocycles. The molecule has 1 aliphatic rings. The summed E-state index contributed by atoms with van der Waals surface area (Å²) in [7, 11) is 1.87. The highest BCUT2D eigenvalue weighted by Crippen LogP contribution is 2.28. The predicted molar refractivity (Wildman–Crippen MR) is 109 cm³/mol. The molecule has 5 nitrogen and oxygen atoms in total. The van der Waals surface area contributed by atoms with Crippen LogP contribution in [-0.4, -0.2) is 20.7 Å². The molecule has 3 aromatic rings. The van der Waals surface area contributed by atoms with Crippen molar-refractivity contribution in [2.24, 2.45) is 7.05 Å². The first-order chi connectivity index (χ1) is 13.5. The van der Waals surface area contributed by atoms with Crippen LogP contribution in [0.2, 0.25) is 0 Å². The standard InChI is InChI=1S/C23H26N4O/c1-15-8-9-16(2)19(14-15)21(17-10-12-24-13-11-17)25-23(28)22-18-6-4-5-7-20(18)26-27(22)3/h8-14,21H,4-7H2,1-3H3,(H,25,28)/t21-/m0/s1. The molecule has 0 fully saturated rings. The lowest BCUT2D eigenvalue weighted by atomic mass is 9.93. The number of pyridine rings is 1. The van der Waals surface area contributed by atoms with E-state index in [0.717, 1.165) is 53.6 Å². The molecule has 0 aliphatic heterocycles. The summed E-state index contributed by atoms with van der Waals surface area (Å²) in [4.78, 5) is 17.5. The molecule has 4 rings (SSSR count). The SMILES string of the molecule is Cc1ccc(C)c([C@@H](NC(=O)c2c3c(nn2C)CCCC3)c2ccncc2)c1. The van der Waals surface area contributed by atoms with E-state index in [9.17, 15) is 4.79 Å². The van der Waals surface area contributed by atoms with Gasteiger partial charge < -0.3 is 5.32 Å². The van der Waals surface area contributed by atoms with Crippen molar-refractivity contribution in [2.45, 2.75) is 45.6 Å². The number of hydrogen-bond acceptors (Lipinski definition) is 3. The molecule has 144 valence electrons. The number of carbonyl (C=O) groups excluding carboxylic acids is 1.